The summed E-state index contributed by atoms with van der Waals surface area (Å²) in [5.41, 5.74) is 5.27. The van der Waals surface area contributed by atoms with E-state index in [1.807, 2.05) is 49.1 Å². The van der Waals surface area contributed by atoms with E-state index >= 15 is 0 Å². The van der Waals surface area contributed by atoms with Crippen LogP contribution in [0, 0.1) is 13.8 Å². The monoisotopic (exact) mass is 295 g/mol. The van der Waals surface area contributed by atoms with E-state index in [2.05, 4.69) is 12.1 Å². The fraction of sp³-hybridized carbons (Fsp3) is 0.316. The number of aryl methyl sites for hydroxylation is 1. The van der Waals surface area contributed by atoms with Crippen LogP contribution in [0.2, 0.25) is 0 Å². The van der Waals surface area contributed by atoms with Gasteiger partial charge in [-0.15, -0.1) is 0 Å². The van der Waals surface area contributed by atoms with E-state index in [4.69, 9.17) is 0 Å². The van der Waals surface area contributed by atoms with E-state index in [0.29, 0.717) is 13.0 Å². The number of nitrogens with zero attached hydrogens (tertiary/aromatic N) is 1. The van der Waals surface area contributed by atoms with E-state index in [9.17, 15) is 9.90 Å². The van der Waals surface area contributed by atoms with Gasteiger partial charge in [0.1, 0.15) is 0 Å². The molecule has 0 aliphatic carbocycles. The molecule has 3 rings (SSSR count). The third-order valence-corrected chi connectivity index (χ3v) is 4.66. The smallest absolute Gasteiger partial charge is 0.254 e. The maximum absolute atomic E-state index is 13.0. The molecule has 0 radical (unpaired) electrons. The number of amides is 1. The maximum Gasteiger partial charge on any atom is 0.254 e. The van der Waals surface area contributed by atoms with Crippen molar-refractivity contribution in [2.24, 2.45) is 0 Å². The summed E-state index contributed by atoms with van der Waals surface area (Å²) in [6.45, 7) is 4.55. The highest BCUT2D eigenvalue weighted by atomic mass is 16.3. The Kier molecular flexibility index (Phi) is 3.99. The largest absolute Gasteiger partial charge is 0.394 e. The highest BCUT2D eigenvalue weighted by molar-refractivity contribution is 5.96. The molecule has 2 aromatic rings. The zero-order valence-corrected chi connectivity index (χ0v) is 13.0. The first-order chi connectivity index (χ1) is 10.6. The van der Waals surface area contributed by atoms with Gasteiger partial charge < -0.3 is 10.0 Å². The van der Waals surface area contributed by atoms with Gasteiger partial charge in [0.15, 0.2) is 0 Å². The van der Waals surface area contributed by atoms with Crippen molar-refractivity contribution in [2.45, 2.75) is 32.9 Å². The number of aliphatic hydroxyl groups excluding tert-OH is 1. The van der Waals surface area contributed by atoms with Crippen molar-refractivity contribution in [1.82, 2.24) is 4.90 Å². The van der Waals surface area contributed by atoms with Gasteiger partial charge in [-0.05, 0) is 48.6 Å². The van der Waals surface area contributed by atoms with Crippen LogP contribution in [0.25, 0.3) is 0 Å². The number of hydrogen-bond acceptors (Lipinski definition) is 2. The lowest BCUT2D eigenvalue weighted by atomic mass is 9.93. The Labute approximate surface area is 131 Å². The fourth-order valence-corrected chi connectivity index (χ4v) is 3.13. The fourth-order valence-electron chi connectivity index (χ4n) is 3.13. The summed E-state index contributed by atoms with van der Waals surface area (Å²) in [4.78, 5) is 14.8. The van der Waals surface area contributed by atoms with Crippen LogP contribution < -0.4 is 0 Å². The average molecular weight is 295 g/mol. The second-order valence-corrected chi connectivity index (χ2v) is 5.99. The van der Waals surface area contributed by atoms with Crippen LogP contribution in [0.4, 0.5) is 0 Å². The zero-order valence-electron chi connectivity index (χ0n) is 13.0. The molecule has 3 nitrogen and oxygen atoms in total. The summed E-state index contributed by atoms with van der Waals surface area (Å²) < 4.78 is 0. The van der Waals surface area contributed by atoms with Gasteiger partial charge in [-0.1, -0.05) is 36.4 Å². The molecule has 1 heterocycles. The van der Waals surface area contributed by atoms with Crippen molar-refractivity contribution in [1.29, 1.82) is 0 Å². The molecule has 1 amide bonds. The number of fused-ring (bicyclic) bond motifs is 1. The molecular formula is C19H21NO2. The molecule has 1 aliphatic rings. The lowest BCUT2D eigenvalue weighted by Gasteiger charge is -2.36. The minimum absolute atomic E-state index is 0.00899. The lowest BCUT2D eigenvalue weighted by molar-refractivity contribution is 0.0543. The lowest BCUT2D eigenvalue weighted by Crippen LogP contribution is -2.46. The van der Waals surface area contributed by atoms with E-state index < -0.39 is 0 Å². The van der Waals surface area contributed by atoms with Crippen LogP contribution >= 0.6 is 0 Å². The summed E-state index contributed by atoms with van der Waals surface area (Å²) in [5.74, 6) is 0.00903. The van der Waals surface area contributed by atoms with Gasteiger partial charge in [-0.25, -0.2) is 0 Å². The number of hydrogen-bond donors (Lipinski definition) is 1. The second-order valence-electron chi connectivity index (χ2n) is 5.99. The molecule has 0 bridgehead atoms. The first-order valence-electron chi connectivity index (χ1n) is 7.66. The topological polar surface area (TPSA) is 40.5 Å². The SMILES string of the molecule is Cc1cccc(C(=O)N2Cc3ccccc3C[C@H]2CO)c1C. The molecule has 2 aromatic carbocycles. The van der Waals surface area contributed by atoms with E-state index in [1.165, 1.54) is 11.1 Å². The summed E-state index contributed by atoms with van der Waals surface area (Å²) in [6, 6.07) is 13.8. The summed E-state index contributed by atoms with van der Waals surface area (Å²) >= 11 is 0. The van der Waals surface area contributed by atoms with Crippen molar-refractivity contribution < 1.29 is 9.90 Å². The van der Waals surface area contributed by atoms with Crippen LogP contribution in [0.3, 0.4) is 0 Å². The molecule has 1 N–H and O–H groups in total. The molecular weight excluding hydrogens is 274 g/mol. The number of rotatable bonds is 2. The zero-order chi connectivity index (χ0) is 15.7. The van der Waals surface area contributed by atoms with Crippen LogP contribution in [0.1, 0.15) is 32.6 Å². The Morgan fingerprint density at radius 3 is 2.59 bits per heavy atom. The molecule has 0 unspecified atom stereocenters. The van der Waals surface area contributed by atoms with Gasteiger partial charge in [0.2, 0.25) is 0 Å². The van der Waals surface area contributed by atoms with Crippen molar-refractivity contribution in [3.63, 3.8) is 0 Å². The number of carbonyl (C=O) groups excluding carboxylic acids is 1. The maximum atomic E-state index is 13.0. The Morgan fingerprint density at radius 1 is 1.14 bits per heavy atom. The molecule has 114 valence electrons. The molecule has 0 spiro atoms. The predicted molar refractivity (Wildman–Crippen MR) is 86.8 cm³/mol. The molecule has 1 aliphatic heterocycles. The first-order valence-corrected chi connectivity index (χ1v) is 7.66. The number of aliphatic hydroxyl groups is 1. The minimum Gasteiger partial charge on any atom is -0.394 e. The van der Waals surface area contributed by atoms with Crippen LogP contribution in [0.15, 0.2) is 42.5 Å². The highest BCUT2D eigenvalue weighted by Crippen LogP contribution is 2.26. The normalized spacial score (nSPS) is 17.2. The van der Waals surface area contributed by atoms with Gasteiger partial charge >= 0.3 is 0 Å². The standard InChI is InChI=1S/C19H21NO2/c1-13-6-5-9-18(14(13)2)19(22)20-11-16-8-4-3-7-15(16)10-17(20)12-21/h3-9,17,21H,10-12H2,1-2H3/t17-/m0/s1. The highest BCUT2D eigenvalue weighted by Gasteiger charge is 2.30. The summed E-state index contributed by atoms with van der Waals surface area (Å²) in [7, 11) is 0. The third-order valence-electron chi connectivity index (χ3n) is 4.66. The van der Waals surface area contributed by atoms with Crippen LogP contribution in [-0.2, 0) is 13.0 Å². The molecule has 0 fully saturated rings. The number of carbonyl (C=O) groups is 1. The van der Waals surface area contributed by atoms with Gasteiger partial charge in [0, 0.05) is 12.1 Å². The van der Waals surface area contributed by atoms with Gasteiger partial charge in [0.05, 0.1) is 12.6 Å². The van der Waals surface area contributed by atoms with E-state index in [0.717, 1.165) is 16.7 Å². The summed E-state index contributed by atoms with van der Waals surface area (Å²) in [5, 5.41) is 9.71. The molecule has 22 heavy (non-hydrogen) atoms. The Bertz CT molecular complexity index is 708. The quantitative estimate of drug-likeness (QED) is 0.925. The van der Waals surface area contributed by atoms with Crippen molar-refractivity contribution >= 4 is 5.91 Å². The predicted octanol–water partition coefficient (Wildman–Crippen LogP) is 2.86. The van der Waals surface area contributed by atoms with Crippen LogP contribution in [-0.4, -0.2) is 28.6 Å². The number of benzene rings is 2. The second kappa shape index (κ2) is 5.93. The summed E-state index contributed by atoms with van der Waals surface area (Å²) in [6.07, 6.45) is 0.712. The van der Waals surface area contributed by atoms with Gasteiger partial charge in [0.25, 0.3) is 5.91 Å². The molecule has 0 saturated heterocycles. The van der Waals surface area contributed by atoms with Crippen LogP contribution in [0.5, 0.6) is 0 Å². The minimum atomic E-state index is -0.151. The average Bonchev–Trinajstić information content (AvgIpc) is 2.55. The Balaban J connectivity index is 1.96. The van der Waals surface area contributed by atoms with Crippen molar-refractivity contribution in [3.05, 3.63) is 70.3 Å². The molecule has 3 heteroatoms. The molecule has 0 saturated carbocycles. The Morgan fingerprint density at radius 2 is 1.86 bits per heavy atom. The van der Waals surface area contributed by atoms with E-state index in [-0.39, 0.29) is 18.6 Å². The van der Waals surface area contributed by atoms with Crippen molar-refractivity contribution in [3.8, 4) is 0 Å². The van der Waals surface area contributed by atoms with Crippen molar-refractivity contribution in [2.75, 3.05) is 6.61 Å². The Hall–Kier alpha value is -2.13. The van der Waals surface area contributed by atoms with Gasteiger partial charge in [-0.3, -0.25) is 4.79 Å². The molecule has 0 aromatic heterocycles. The first kappa shape index (κ1) is 14.8. The van der Waals surface area contributed by atoms with Gasteiger partial charge in [-0.2, -0.15) is 0 Å². The third kappa shape index (κ3) is 2.53. The van der Waals surface area contributed by atoms with E-state index in [1.54, 1.807) is 0 Å². The molecule has 1 atom stereocenters.